The fourth-order valence-corrected chi connectivity index (χ4v) is 4.86. The summed E-state index contributed by atoms with van der Waals surface area (Å²) in [6.07, 6.45) is 0. The number of benzene rings is 4. The Balaban J connectivity index is 1.58. The van der Waals surface area contributed by atoms with Gasteiger partial charge in [0.1, 0.15) is 0 Å². The largest absolute Gasteiger partial charge is 0.330 e. The Kier molecular flexibility index (Phi) is 7.09. The number of carbonyl (C=O) groups excluding carboxylic acids is 1. The van der Waals surface area contributed by atoms with Gasteiger partial charge >= 0.3 is 0 Å². The van der Waals surface area contributed by atoms with E-state index in [4.69, 9.17) is 0 Å². The van der Waals surface area contributed by atoms with Gasteiger partial charge in [0, 0.05) is 18.7 Å². The van der Waals surface area contributed by atoms with Crippen molar-refractivity contribution in [2.45, 2.75) is 24.9 Å². The van der Waals surface area contributed by atoms with Crippen molar-refractivity contribution in [1.82, 2.24) is 4.90 Å². The molecule has 172 valence electrons. The average molecular weight is 471 g/mol. The summed E-state index contributed by atoms with van der Waals surface area (Å²) < 4.78 is 28.0. The molecule has 0 aliphatic heterocycles. The molecule has 0 fully saturated rings. The molecular formula is C28H26N2O3S. The van der Waals surface area contributed by atoms with Gasteiger partial charge < -0.3 is 4.90 Å². The monoisotopic (exact) mass is 470 g/mol. The summed E-state index contributed by atoms with van der Waals surface area (Å²) in [5.74, 6) is -0.117. The summed E-state index contributed by atoms with van der Waals surface area (Å²) in [4.78, 5) is 15.5. The van der Waals surface area contributed by atoms with Crippen LogP contribution in [0.3, 0.4) is 0 Å². The fraction of sp³-hybridized carbons (Fsp3) is 0.107. The molecule has 0 aromatic heterocycles. The minimum Gasteiger partial charge on any atom is -0.330 e. The standard InChI is InChI=1S/C28H26N2O3S/c1-22-19-25(17-18-27(22)29-34(32,33)26-15-9-4-10-16-26)28(31)30(20-23-11-5-2-6-12-23)21-24-13-7-3-8-14-24/h2-19,29H,20-21H2,1H3. The van der Waals surface area contributed by atoms with E-state index >= 15 is 0 Å². The smallest absolute Gasteiger partial charge is 0.261 e. The molecule has 1 amide bonds. The number of hydrogen-bond donors (Lipinski definition) is 1. The van der Waals surface area contributed by atoms with Crippen molar-refractivity contribution in [2.24, 2.45) is 0 Å². The molecule has 34 heavy (non-hydrogen) atoms. The summed E-state index contributed by atoms with van der Waals surface area (Å²) in [5.41, 5.74) is 3.70. The summed E-state index contributed by atoms with van der Waals surface area (Å²) >= 11 is 0. The molecule has 5 nitrogen and oxygen atoms in total. The van der Waals surface area contributed by atoms with Crippen LogP contribution >= 0.6 is 0 Å². The summed E-state index contributed by atoms with van der Waals surface area (Å²) in [7, 11) is -3.71. The number of aryl methyl sites for hydroxylation is 1. The third kappa shape index (κ3) is 5.71. The van der Waals surface area contributed by atoms with Crippen LogP contribution in [0.4, 0.5) is 5.69 Å². The molecule has 4 aromatic rings. The van der Waals surface area contributed by atoms with Crippen molar-refractivity contribution in [1.29, 1.82) is 0 Å². The third-order valence-electron chi connectivity index (χ3n) is 5.49. The Hall–Kier alpha value is -3.90. The predicted molar refractivity (Wildman–Crippen MR) is 135 cm³/mol. The number of sulfonamides is 1. The molecular weight excluding hydrogens is 444 g/mol. The SMILES string of the molecule is Cc1cc(C(=O)N(Cc2ccccc2)Cc2ccccc2)ccc1NS(=O)(=O)c1ccccc1. The molecule has 0 bridgehead atoms. The van der Waals surface area contributed by atoms with E-state index in [9.17, 15) is 13.2 Å². The highest BCUT2D eigenvalue weighted by atomic mass is 32.2. The van der Waals surface area contributed by atoms with Crippen LogP contribution in [0.2, 0.25) is 0 Å². The molecule has 4 aromatic carbocycles. The first-order valence-corrected chi connectivity index (χ1v) is 12.5. The van der Waals surface area contributed by atoms with Gasteiger partial charge in [-0.3, -0.25) is 9.52 Å². The number of amides is 1. The van der Waals surface area contributed by atoms with Crippen molar-refractivity contribution in [2.75, 3.05) is 4.72 Å². The lowest BCUT2D eigenvalue weighted by Crippen LogP contribution is -2.30. The molecule has 1 N–H and O–H groups in total. The normalized spacial score (nSPS) is 11.1. The molecule has 0 spiro atoms. The summed E-state index contributed by atoms with van der Waals surface area (Å²) in [6.45, 7) is 2.73. The second-order valence-corrected chi connectivity index (χ2v) is 9.76. The maximum absolute atomic E-state index is 13.5. The van der Waals surface area contributed by atoms with E-state index in [2.05, 4.69) is 4.72 Å². The molecule has 0 aliphatic rings. The predicted octanol–water partition coefficient (Wildman–Crippen LogP) is 5.64. The quantitative estimate of drug-likeness (QED) is 0.362. The summed E-state index contributed by atoms with van der Waals surface area (Å²) in [6, 6.07) is 33.0. The summed E-state index contributed by atoms with van der Waals surface area (Å²) in [5, 5.41) is 0. The zero-order chi connectivity index (χ0) is 24.0. The Bertz CT molecular complexity index is 1320. The van der Waals surface area contributed by atoms with E-state index in [0.717, 1.165) is 11.1 Å². The lowest BCUT2D eigenvalue weighted by atomic mass is 10.1. The van der Waals surface area contributed by atoms with Crippen LogP contribution in [0, 0.1) is 6.92 Å². The number of nitrogens with one attached hydrogen (secondary N) is 1. The van der Waals surface area contributed by atoms with Gasteiger partial charge in [-0.05, 0) is 53.9 Å². The van der Waals surface area contributed by atoms with Crippen LogP contribution in [0.1, 0.15) is 27.0 Å². The van der Waals surface area contributed by atoms with Crippen molar-refractivity contribution in [3.63, 3.8) is 0 Å². The second kappa shape index (κ2) is 10.4. The molecule has 0 saturated heterocycles. The maximum Gasteiger partial charge on any atom is 0.261 e. The van der Waals surface area contributed by atoms with Crippen molar-refractivity contribution in [3.05, 3.63) is 131 Å². The Morgan fingerprint density at radius 1 is 0.735 bits per heavy atom. The van der Waals surface area contributed by atoms with Gasteiger partial charge in [-0.1, -0.05) is 78.9 Å². The minimum absolute atomic E-state index is 0.117. The van der Waals surface area contributed by atoms with E-state index < -0.39 is 10.0 Å². The van der Waals surface area contributed by atoms with Crippen LogP contribution in [0.25, 0.3) is 0 Å². The van der Waals surface area contributed by atoms with Gasteiger partial charge in [0.25, 0.3) is 15.9 Å². The van der Waals surface area contributed by atoms with E-state index in [1.807, 2.05) is 60.7 Å². The first-order valence-electron chi connectivity index (χ1n) is 11.0. The van der Waals surface area contributed by atoms with E-state index in [1.165, 1.54) is 0 Å². The van der Waals surface area contributed by atoms with Crippen LogP contribution in [0.5, 0.6) is 0 Å². The van der Waals surface area contributed by atoms with Crippen LogP contribution in [-0.2, 0) is 23.1 Å². The van der Waals surface area contributed by atoms with Crippen LogP contribution in [0.15, 0.2) is 114 Å². The highest BCUT2D eigenvalue weighted by Gasteiger charge is 2.19. The number of rotatable bonds is 8. The van der Waals surface area contributed by atoms with Crippen LogP contribution < -0.4 is 4.72 Å². The van der Waals surface area contributed by atoms with Crippen molar-refractivity contribution >= 4 is 21.6 Å². The lowest BCUT2D eigenvalue weighted by Gasteiger charge is -2.24. The fourth-order valence-electron chi connectivity index (χ4n) is 3.70. The molecule has 0 radical (unpaired) electrons. The van der Waals surface area contributed by atoms with Crippen molar-refractivity contribution < 1.29 is 13.2 Å². The Morgan fingerprint density at radius 3 is 1.74 bits per heavy atom. The van der Waals surface area contributed by atoms with Gasteiger partial charge in [0.05, 0.1) is 10.6 Å². The second-order valence-electron chi connectivity index (χ2n) is 8.08. The first-order chi connectivity index (χ1) is 16.4. The van der Waals surface area contributed by atoms with Gasteiger partial charge in [-0.2, -0.15) is 0 Å². The number of hydrogen-bond acceptors (Lipinski definition) is 3. The number of anilines is 1. The third-order valence-corrected chi connectivity index (χ3v) is 6.87. The van der Waals surface area contributed by atoms with Crippen molar-refractivity contribution in [3.8, 4) is 0 Å². The highest BCUT2D eigenvalue weighted by Crippen LogP contribution is 2.23. The highest BCUT2D eigenvalue weighted by molar-refractivity contribution is 7.92. The molecule has 0 atom stereocenters. The Labute approximate surface area is 200 Å². The topological polar surface area (TPSA) is 66.5 Å². The van der Waals surface area contributed by atoms with Gasteiger partial charge in [-0.15, -0.1) is 0 Å². The Morgan fingerprint density at radius 2 is 1.24 bits per heavy atom. The average Bonchev–Trinajstić information content (AvgIpc) is 2.86. The van der Waals surface area contributed by atoms with Gasteiger partial charge in [0.15, 0.2) is 0 Å². The molecule has 4 rings (SSSR count). The molecule has 0 aliphatic carbocycles. The number of carbonyl (C=O) groups is 1. The minimum atomic E-state index is -3.71. The molecule has 0 saturated carbocycles. The zero-order valence-electron chi connectivity index (χ0n) is 18.9. The van der Waals surface area contributed by atoms with Gasteiger partial charge in [0.2, 0.25) is 0 Å². The van der Waals surface area contributed by atoms with E-state index in [-0.39, 0.29) is 10.8 Å². The molecule has 0 unspecified atom stereocenters. The van der Waals surface area contributed by atoms with E-state index in [0.29, 0.717) is 29.9 Å². The van der Waals surface area contributed by atoms with E-state index in [1.54, 1.807) is 60.4 Å². The lowest BCUT2D eigenvalue weighted by molar-refractivity contribution is 0.0730. The number of nitrogens with zero attached hydrogens (tertiary/aromatic N) is 1. The first kappa shape index (κ1) is 23.3. The molecule has 6 heteroatoms. The maximum atomic E-state index is 13.5. The zero-order valence-corrected chi connectivity index (χ0v) is 19.7. The molecule has 0 heterocycles. The van der Waals surface area contributed by atoms with Gasteiger partial charge in [-0.25, -0.2) is 8.42 Å². The van der Waals surface area contributed by atoms with Crippen LogP contribution in [-0.4, -0.2) is 19.2 Å².